The number of aliphatic carboxylic acids is 2. The molecule has 0 amide bonds. The first-order valence-corrected chi connectivity index (χ1v) is 12.7. The standard InChI is InChI=1S/C26H48O4/c1-2-3-4-5-6-7-8-9-10-11-12-13-14-15-16-17-18-19-20-21-22-24(26(29)30)23-25(27)28/h23H,2-22H2,1H3,(H,27,28)(H,29,30). The summed E-state index contributed by atoms with van der Waals surface area (Å²) in [7, 11) is 0. The van der Waals surface area contributed by atoms with Crippen LogP contribution < -0.4 is 0 Å². The van der Waals surface area contributed by atoms with Crippen LogP contribution >= 0.6 is 0 Å². The summed E-state index contributed by atoms with van der Waals surface area (Å²) in [6.45, 7) is 2.27. The molecule has 0 aromatic rings. The average Bonchev–Trinajstić information content (AvgIpc) is 2.71. The fourth-order valence-electron chi connectivity index (χ4n) is 3.96. The highest BCUT2D eigenvalue weighted by molar-refractivity contribution is 5.94. The molecule has 0 unspecified atom stereocenters. The molecule has 0 aliphatic rings. The molecule has 0 spiro atoms. The van der Waals surface area contributed by atoms with Crippen LogP contribution in [0.3, 0.4) is 0 Å². The van der Waals surface area contributed by atoms with Crippen molar-refractivity contribution in [1.29, 1.82) is 0 Å². The first kappa shape index (κ1) is 28.7. The summed E-state index contributed by atoms with van der Waals surface area (Å²) in [6, 6.07) is 0. The SMILES string of the molecule is CCCCCCCCCCCCCCCCCCCCCCC(=CC(=O)O)C(=O)O. The molecule has 0 saturated carbocycles. The highest BCUT2D eigenvalue weighted by Crippen LogP contribution is 2.16. The Morgan fingerprint density at radius 1 is 0.533 bits per heavy atom. The third-order valence-electron chi connectivity index (χ3n) is 5.87. The lowest BCUT2D eigenvalue weighted by Gasteiger charge is -2.04. The first-order chi connectivity index (χ1) is 14.6. The summed E-state index contributed by atoms with van der Waals surface area (Å²) in [4.78, 5) is 21.5. The predicted octanol–water partition coefficient (Wildman–Crippen LogP) is 8.29. The monoisotopic (exact) mass is 424 g/mol. The second-order valence-corrected chi connectivity index (χ2v) is 8.78. The molecule has 30 heavy (non-hydrogen) atoms. The van der Waals surface area contributed by atoms with Crippen LogP contribution in [0, 0.1) is 0 Å². The van der Waals surface area contributed by atoms with Gasteiger partial charge in [-0.25, -0.2) is 9.59 Å². The lowest BCUT2D eigenvalue weighted by molar-refractivity contribution is -0.135. The maximum absolute atomic E-state index is 10.9. The van der Waals surface area contributed by atoms with E-state index >= 15 is 0 Å². The number of rotatable bonds is 23. The maximum Gasteiger partial charge on any atom is 0.331 e. The van der Waals surface area contributed by atoms with Crippen molar-refractivity contribution in [3.8, 4) is 0 Å². The molecular weight excluding hydrogens is 376 g/mol. The van der Waals surface area contributed by atoms with Gasteiger partial charge in [0.25, 0.3) is 0 Å². The molecule has 0 aromatic carbocycles. The summed E-state index contributed by atoms with van der Waals surface area (Å²) in [6.07, 6.45) is 27.4. The summed E-state index contributed by atoms with van der Waals surface area (Å²) in [5.41, 5.74) is 0.00455. The summed E-state index contributed by atoms with van der Waals surface area (Å²) in [5.74, 6) is -2.30. The Bertz CT molecular complexity index is 442. The molecule has 0 radical (unpaired) electrons. The van der Waals surface area contributed by atoms with Gasteiger partial charge < -0.3 is 10.2 Å². The molecule has 0 aliphatic heterocycles. The normalized spacial score (nSPS) is 11.7. The number of carbonyl (C=O) groups is 2. The lowest BCUT2D eigenvalue weighted by Crippen LogP contribution is -2.04. The van der Waals surface area contributed by atoms with Crippen LogP contribution in [-0.2, 0) is 9.59 Å². The van der Waals surface area contributed by atoms with Gasteiger partial charge >= 0.3 is 11.9 Å². The first-order valence-electron chi connectivity index (χ1n) is 12.7. The zero-order valence-corrected chi connectivity index (χ0v) is 19.6. The Morgan fingerprint density at radius 2 is 0.833 bits per heavy atom. The fraction of sp³-hybridized carbons (Fsp3) is 0.846. The Hall–Kier alpha value is -1.32. The fourth-order valence-corrected chi connectivity index (χ4v) is 3.96. The van der Waals surface area contributed by atoms with Gasteiger partial charge in [0.05, 0.1) is 0 Å². The van der Waals surface area contributed by atoms with Gasteiger partial charge in [-0.3, -0.25) is 0 Å². The Balaban J connectivity index is 3.25. The Kier molecular flexibility index (Phi) is 21.4. The van der Waals surface area contributed by atoms with E-state index in [2.05, 4.69) is 6.92 Å². The van der Waals surface area contributed by atoms with Gasteiger partial charge in [-0.15, -0.1) is 0 Å². The van der Waals surface area contributed by atoms with Gasteiger partial charge in [-0.2, -0.15) is 0 Å². The Labute approximate surface area is 185 Å². The molecule has 0 bridgehead atoms. The van der Waals surface area contributed by atoms with E-state index in [1.165, 1.54) is 109 Å². The van der Waals surface area contributed by atoms with Crippen LogP contribution in [0.25, 0.3) is 0 Å². The topological polar surface area (TPSA) is 74.6 Å². The van der Waals surface area contributed by atoms with E-state index in [9.17, 15) is 9.59 Å². The third-order valence-corrected chi connectivity index (χ3v) is 5.87. The Morgan fingerprint density at radius 3 is 1.10 bits per heavy atom. The zero-order chi connectivity index (χ0) is 22.3. The molecule has 4 nitrogen and oxygen atoms in total. The second kappa shape index (κ2) is 22.4. The molecule has 4 heteroatoms. The minimum atomic E-state index is -1.18. The van der Waals surface area contributed by atoms with Crippen molar-refractivity contribution in [2.24, 2.45) is 0 Å². The van der Waals surface area contributed by atoms with Crippen molar-refractivity contribution in [1.82, 2.24) is 0 Å². The van der Waals surface area contributed by atoms with E-state index in [0.29, 0.717) is 6.42 Å². The minimum Gasteiger partial charge on any atom is -0.478 e. The molecule has 176 valence electrons. The van der Waals surface area contributed by atoms with Crippen molar-refractivity contribution < 1.29 is 19.8 Å². The van der Waals surface area contributed by atoms with Crippen molar-refractivity contribution >= 4 is 11.9 Å². The highest BCUT2D eigenvalue weighted by atomic mass is 16.4. The smallest absolute Gasteiger partial charge is 0.331 e. The van der Waals surface area contributed by atoms with Gasteiger partial charge in [0.2, 0.25) is 0 Å². The van der Waals surface area contributed by atoms with E-state index in [0.717, 1.165) is 25.3 Å². The van der Waals surface area contributed by atoms with E-state index in [-0.39, 0.29) is 5.57 Å². The summed E-state index contributed by atoms with van der Waals surface area (Å²) < 4.78 is 0. The van der Waals surface area contributed by atoms with Crippen LogP contribution in [0.1, 0.15) is 142 Å². The van der Waals surface area contributed by atoms with Gasteiger partial charge in [0.15, 0.2) is 0 Å². The number of hydrogen-bond acceptors (Lipinski definition) is 2. The molecular formula is C26H48O4. The van der Waals surface area contributed by atoms with Crippen molar-refractivity contribution in [3.05, 3.63) is 11.6 Å². The maximum atomic E-state index is 10.9. The number of carboxylic acids is 2. The van der Waals surface area contributed by atoms with E-state index in [4.69, 9.17) is 10.2 Å². The third kappa shape index (κ3) is 21.4. The van der Waals surface area contributed by atoms with Gasteiger partial charge in [-0.1, -0.05) is 129 Å². The van der Waals surface area contributed by atoms with E-state index in [1.54, 1.807) is 0 Å². The second-order valence-electron chi connectivity index (χ2n) is 8.78. The molecule has 0 aliphatic carbocycles. The van der Waals surface area contributed by atoms with Gasteiger partial charge in [0.1, 0.15) is 0 Å². The molecule has 0 aromatic heterocycles. The van der Waals surface area contributed by atoms with E-state index < -0.39 is 11.9 Å². The van der Waals surface area contributed by atoms with Crippen LogP contribution in [0.4, 0.5) is 0 Å². The average molecular weight is 425 g/mol. The van der Waals surface area contributed by atoms with Crippen LogP contribution in [0.15, 0.2) is 11.6 Å². The van der Waals surface area contributed by atoms with Gasteiger partial charge in [-0.05, 0) is 12.8 Å². The predicted molar refractivity (Wildman–Crippen MR) is 126 cm³/mol. The van der Waals surface area contributed by atoms with Crippen LogP contribution in [0.5, 0.6) is 0 Å². The number of unbranched alkanes of at least 4 members (excludes halogenated alkanes) is 19. The number of carboxylic acid groups (broad SMARTS) is 2. The van der Waals surface area contributed by atoms with Gasteiger partial charge in [0, 0.05) is 11.6 Å². The molecule has 0 fully saturated rings. The minimum absolute atomic E-state index is 0.00455. The molecule has 0 saturated heterocycles. The molecule has 0 atom stereocenters. The summed E-state index contributed by atoms with van der Waals surface area (Å²) >= 11 is 0. The quantitative estimate of drug-likeness (QED) is 0.128. The van der Waals surface area contributed by atoms with Crippen molar-refractivity contribution in [2.45, 2.75) is 142 Å². The summed E-state index contributed by atoms with van der Waals surface area (Å²) in [5, 5.41) is 17.6. The molecule has 0 rings (SSSR count). The zero-order valence-electron chi connectivity index (χ0n) is 19.6. The van der Waals surface area contributed by atoms with Crippen molar-refractivity contribution in [2.75, 3.05) is 0 Å². The van der Waals surface area contributed by atoms with Crippen LogP contribution in [-0.4, -0.2) is 22.2 Å². The van der Waals surface area contributed by atoms with E-state index in [1.807, 2.05) is 0 Å². The lowest BCUT2D eigenvalue weighted by atomic mass is 10.0. The highest BCUT2D eigenvalue weighted by Gasteiger charge is 2.08. The van der Waals surface area contributed by atoms with Crippen LogP contribution in [0.2, 0.25) is 0 Å². The largest absolute Gasteiger partial charge is 0.478 e. The molecule has 2 N–H and O–H groups in total. The molecule has 0 heterocycles. The van der Waals surface area contributed by atoms with Crippen molar-refractivity contribution in [3.63, 3.8) is 0 Å². The number of hydrogen-bond donors (Lipinski definition) is 2.